The quantitative estimate of drug-likeness (QED) is 0.413. The zero-order chi connectivity index (χ0) is 21.8. The number of hydrogen-bond donors (Lipinski definition) is 3. The minimum Gasteiger partial charge on any atom is -0.340 e. The Bertz CT molecular complexity index is 1280. The van der Waals surface area contributed by atoms with Gasteiger partial charge in [-0.1, -0.05) is 29.8 Å². The van der Waals surface area contributed by atoms with Crippen molar-refractivity contribution in [1.82, 2.24) is 15.3 Å². The molecule has 31 heavy (non-hydrogen) atoms. The Labute approximate surface area is 181 Å². The SMILES string of the molecule is O=C(NC(=O)c1ccccc1)Nc1ccc2ncnc(Nc3ccc(F)c(Cl)c3)c2c1. The van der Waals surface area contributed by atoms with Gasteiger partial charge < -0.3 is 10.6 Å². The Morgan fingerprint density at radius 1 is 0.903 bits per heavy atom. The number of imide groups is 1. The lowest BCUT2D eigenvalue weighted by atomic mass is 10.2. The highest BCUT2D eigenvalue weighted by atomic mass is 35.5. The zero-order valence-corrected chi connectivity index (χ0v) is 16.7. The minimum absolute atomic E-state index is 0.0227. The van der Waals surface area contributed by atoms with Crippen molar-refractivity contribution in [2.45, 2.75) is 0 Å². The number of carbonyl (C=O) groups excluding carboxylic acids is 2. The van der Waals surface area contributed by atoms with Crippen LogP contribution in [0.25, 0.3) is 10.9 Å². The van der Waals surface area contributed by atoms with Crippen molar-refractivity contribution >= 4 is 51.6 Å². The summed E-state index contributed by atoms with van der Waals surface area (Å²) < 4.78 is 13.4. The van der Waals surface area contributed by atoms with Crippen molar-refractivity contribution < 1.29 is 14.0 Å². The molecule has 4 rings (SSSR count). The van der Waals surface area contributed by atoms with Crippen LogP contribution >= 0.6 is 11.6 Å². The molecule has 0 atom stereocenters. The van der Waals surface area contributed by atoms with Crippen LogP contribution < -0.4 is 16.0 Å². The van der Waals surface area contributed by atoms with Crippen molar-refractivity contribution in [2.24, 2.45) is 0 Å². The molecule has 0 saturated carbocycles. The first-order valence-corrected chi connectivity index (χ1v) is 9.51. The van der Waals surface area contributed by atoms with Gasteiger partial charge in [-0.25, -0.2) is 19.2 Å². The number of carbonyl (C=O) groups is 2. The smallest absolute Gasteiger partial charge is 0.326 e. The van der Waals surface area contributed by atoms with Gasteiger partial charge in [0.05, 0.1) is 10.5 Å². The highest BCUT2D eigenvalue weighted by Crippen LogP contribution is 2.27. The molecular formula is C22H15ClFN5O2. The normalized spacial score (nSPS) is 10.5. The van der Waals surface area contributed by atoms with E-state index in [-0.39, 0.29) is 5.02 Å². The van der Waals surface area contributed by atoms with E-state index in [1.807, 2.05) is 0 Å². The van der Waals surface area contributed by atoms with E-state index in [2.05, 4.69) is 25.9 Å². The summed E-state index contributed by atoms with van der Waals surface area (Å²) in [6, 6.07) is 17.0. The Balaban J connectivity index is 1.54. The standard InChI is InChI=1S/C22H15ClFN5O2/c23-17-11-15(6-8-18(17)24)27-20-16-10-14(7-9-19(16)25-12-26-20)28-22(31)29-21(30)13-4-2-1-3-5-13/h1-12H,(H,25,26,27)(H2,28,29,30,31). The van der Waals surface area contributed by atoms with Crippen molar-refractivity contribution in [3.05, 3.63) is 89.5 Å². The summed E-state index contributed by atoms with van der Waals surface area (Å²) in [6.07, 6.45) is 1.38. The third kappa shape index (κ3) is 4.76. The van der Waals surface area contributed by atoms with E-state index in [1.54, 1.807) is 48.5 Å². The van der Waals surface area contributed by atoms with Gasteiger partial charge >= 0.3 is 6.03 Å². The fraction of sp³-hybridized carbons (Fsp3) is 0. The Morgan fingerprint density at radius 3 is 2.45 bits per heavy atom. The van der Waals surface area contributed by atoms with Crippen LogP contribution in [-0.4, -0.2) is 21.9 Å². The van der Waals surface area contributed by atoms with Crippen LogP contribution in [0.5, 0.6) is 0 Å². The van der Waals surface area contributed by atoms with E-state index >= 15 is 0 Å². The van der Waals surface area contributed by atoms with E-state index in [1.165, 1.54) is 24.5 Å². The van der Waals surface area contributed by atoms with E-state index in [0.717, 1.165) is 0 Å². The van der Waals surface area contributed by atoms with Gasteiger partial charge in [0.25, 0.3) is 5.91 Å². The molecule has 0 aliphatic carbocycles. The topological polar surface area (TPSA) is 96.0 Å². The average Bonchev–Trinajstić information content (AvgIpc) is 2.77. The predicted molar refractivity (Wildman–Crippen MR) is 117 cm³/mol. The van der Waals surface area contributed by atoms with Crippen LogP contribution in [0.15, 0.2) is 73.1 Å². The first-order chi connectivity index (χ1) is 15.0. The van der Waals surface area contributed by atoms with Gasteiger partial charge in [-0.2, -0.15) is 0 Å². The molecule has 3 N–H and O–H groups in total. The van der Waals surface area contributed by atoms with Crippen LogP contribution in [-0.2, 0) is 0 Å². The van der Waals surface area contributed by atoms with Crippen molar-refractivity contribution in [2.75, 3.05) is 10.6 Å². The van der Waals surface area contributed by atoms with Gasteiger partial charge in [0.1, 0.15) is 18.0 Å². The number of anilines is 3. The lowest BCUT2D eigenvalue weighted by Crippen LogP contribution is -2.34. The summed E-state index contributed by atoms with van der Waals surface area (Å²) in [5.41, 5.74) is 1.96. The molecule has 0 bridgehead atoms. The van der Waals surface area contributed by atoms with Gasteiger partial charge in [0.15, 0.2) is 0 Å². The lowest BCUT2D eigenvalue weighted by molar-refractivity contribution is 0.0967. The average molecular weight is 436 g/mol. The molecule has 3 amide bonds. The monoisotopic (exact) mass is 435 g/mol. The molecule has 7 nitrogen and oxygen atoms in total. The molecule has 0 fully saturated rings. The number of benzene rings is 3. The molecule has 0 aliphatic heterocycles. The van der Waals surface area contributed by atoms with Gasteiger partial charge in [-0.05, 0) is 48.5 Å². The molecule has 0 unspecified atom stereocenters. The number of rotatable bonds is 4. The zero-order valence-electron chi connectivity index (χ0n) is 15.9. The molecule has 0 radical (unpaired) electrons. The van der Waals surface area contributed by atoms with Crippen LogP contribution in [0.2, 0.25) is 5.02 Å². The molecule has 3 aromatic carbocycles. The van der Waals surface area contributed by atoms with Crippen LogP contribution in [0.1, 0.15) is 10.4 Å². The number of aromatic nitrogens is 2. The molecule has 1 heterocycles. The predicted octanol–water partition coefficient (Wildman–Crippen LogP) is 5.13. The summed E-state index contributed by atoms with van der Waals surface area (Å²) in [7, 11) is 0. The number of halogens is 2. The van der Waals surface area contributed by atoms with Gasteiger partial charge in [-0.3, -0.25) is 10.1 Å². The number of nitrogens with one attached hydrogen (secondary N) is 3. The first-order valence-electron chi connectivity index (χ1n) is 9.14. The minimum atomic E-state index is -0.676. The van der Waals surface area contributed by atoms with E-state index in [9.17, 15) is 14.0 Å². The Morgan fingerprint density at radius 2 is 1.68 bits per heavy atom. The maximum Gasteiger partial charge on any atom is 0.326 e. The molecule has 154 valence electrons. The Kier molecular flexibility index (Phi) is 5.72. The summed E-state index contributed by atoms with van der Waals surface area (Å²) in [6.45, 7) is 0. The van der Waals surface area contributed by atoms with Crippen LogP contribution in [0.3, 0.4) is 0 Å². The maximum absolute atomic E-state index is 13.4. The van der Waals surface area contributed by atoms with Crippen LogP contribution in [0.4, 0.5) is 26.4 Å². The number of amides is 3. The summed E-state index contributed by atoms with van der Waals surface area (Å²) in [5, 5.41) is 8.54. The molecule has 1 aromatic heterocycles. The second-order valence-corrected chi connectivity index (χ2v) is 6.89. The highest BCUT2D eigenvalue weighted by molar-refractivity contribution is 6.31. The lowest BCUT2D eigenvalue weighted by Gasteiger charge is -2.11. The second-order valence-electron chi connectivity index (χ2n) is 6.48. The molecule has 9 heteroatoms. The van der Waals surface area contributed by atoms with Crippen molar-refractivity contribution in [1.29, 1.82) is 0 Å². The summed E-state index contributed by atoms with van der Waals surface area (Å²) >= 11 is 5.84. The maximum atomic E-state index is 13.4. The number of urea groups is 1. The largest absolute Gasteiger partial charge is 0.340 e. The number of nitrogens with zero attached hydrogens (tertiary/aromatic N) is 2. The Hall–Kier alpha value is -4.04. The van der Waals surface area contributed by atoms with Gasteiger partial charge in [-0.15, -0.1) is 0 Å². The van der Waals surface area contributed by atoms with Crippen molar-refractivity contribution in [3.63, 3.8) is 0 Å². The van der Waals surface area contributed by atoms with E-state index in [0.29, 0.717) is 33.7 Å². The fourth-order valence-electron chi connectivity index (χ4n) is 2.87. The highest BCUT2D eigenvalue weighted by Gasteiger charge is 2.12. The number of hydrogen-bond acceptors (Lipinski definition) is 5. The second kappa shape index (κ2) is 8.76. The molecular weight excluding hydrogens is 421 g/mol. The van der Waals surface area contributed by atoms with Crippen molar-refractivity contribution in [3.8, 4) is 0 Å². The van der Waals surface area contributed by atoms with E-state index in [4.69, 9.17) is 11.6 Å². The molecule has 0 saturated heterocycles. The van der Waals surface area contributed by atoms with E-state index < -0.39 is 17.8 Å². The molecule has 4 aromatic rings. The van der Waals surface area contributed by atoms with Crippen LogP contribution in [0, 0.1) is 5.82 Å². The van der Waals surface area contributed by atoms with Gasteiger partial charge in [0.2, 0.25) is 0 Å². The third-order valence-electron chi connectivity index (χ3n) is 4.34. The fourth-order valence-corrected chi connectivity index (χ4v) is 3.05. The molecule has 0 spiro atoms. The summed E-state index contributed by atoms with van der Waals surface area (Å²) in [4.78, 5) is 32.8. The van der Waals surface area contributed by atoms with Gasteiger partial charge in [0, 0.05) is 22.3 Å². The summed E-state index contributed by atoms with van der Waals surface area (Å²) in [5.74, 6) is -0.600. The third-order valence-corrected chi connectivity index (χ3v) is 4.63. The number of fused-ring (bicyclic) bond motifs is 1. The molecule has 0 aliphatic rings. The first kappa shape index (κ1) is 20.2.